The van der Waals surface area contributed by atoms with Crippen molar-refractivity contribution in [2.45, 2.75) is 32.4 Å². The normalized spacial score (nSPS) is 11.5. The van der Waals surface area contributed by atoms with Crippen LogP contribution in [0.15, 0.2) is 72.8 Å². The number of hydrogen-bond donors (Lipinski definition) is 1. The molecule has 2 amide bonds. The fourth-order valence-corrected chi connectivity index (χ4v) is 4.04. The first-order chi connectivity index (χ1) is 16.9. The van der Waals surface area contributed by atoms with Gasteiger partial charge >= 0.3 is 0 Å². The van der Waals surface area contributed by atoms with Crippen LogP contribution in [0.2, 0.25) is 15.1 Å². The molecule has 3 rings (SSSR count). The smallest absolute Gasteiger partial charge is 0.261 e. The summed E-state index contributed by atoms with van der Waals surface area (Å²) in [6, 6.07) is 20.8. The van der Waals surface area contributed by atoms with Gasteiger partial charge in [-0.05, 0) is 47.9 Å². The molecule has 5 nitrogen and oxygen atoms in total. The molecule has 35 heavy (non-hydrogen) atoms. The van der Waals surface area contributed by atoms with Crippen LogP contribution >= 0.6 is 34.8 Å². The number of benzene rings is 3. The Kier molecular flexibility index (Phi) is 10.3. The monoisotopic (exact) mass is 532 g/mol. The maximum Gasteiger partial charge on any atom is 0.261 e. The van der Waals surface area contributed by atoms with Crippen molar-refractivity contribution in [1.29, 1.82) is 0 Å². The molecule has 1 atom stereocenters. The molecule has 0 unspecified atom stereocenters. The van der Waals surface area contributed by atoms with Crippen molar-refractivity contribution < 1.29 is 14.3 Å². The van der Waals surface area contributed by atoms with Crippen LogP contribution in [0, 0.1) is 0 Å². The third-order valence-corrected chi connectivity index (χ3v) is 6.29. The largest absolute Gasteiger partial charge is 0.484 e. The lowest BCUT2D eigenvalue weighted by atomic mass is 10.0. The number of nitrogens with zero attached hydrogens (tertiary/aromatic N) is 1. The van der Waals surface area contributed by atoms with Crippen LogP contribution in [-0.2, 0) is 22.6 Å². The van der Waals surface area contributed by atoms with E-state index in [-0.39, 0.29) is 25.0 Å². The van der Waals surface area contributed by atoms with E-state index in [1.165, 1.54) is 4.90 Å². The molecule has 0 saturated heterocycles. The summed E-state index contributed by atoms with van der Waals surface area (Å²) < 4.78 is 5.72. The summed E-state index contributed by atoms with van der Waals surface area (Å²) in [5, 5.41) is 4.23. The first kappa shape index (κ1) is 26.9. The number of hydrogen-bond acceptors (Lipinski definition) is 3. The van der Waals surface area contributed by atoms with E-state index in [4.69, 9.17) is 39.5 Å². The number of ether oxygens (including phenoxy) is 1. The molecule has 0 radical (unpaired) electrons. The van der Waals surface area contributed by atoms with E-state index in [1.54, 1.807) is 42.5 Å². The highest BCUT2D eigenvalue weighted by molar-refractivity contribution is 6.42. The number of amides is 2. The quantitative estimate of drug-likeness (QED) is 0.320. The number of nitrogens with one attached hydrogen (secondary N) is 1. The number of halogens is 3. The second kappa shape index (κ2) is 13.4. The maximum absolute atomic E-state index is 13.5. The second-order valence-corrected chi connectivity index (χ2v) is 9.26. The second-order valence-electron chi connectivity index (χ2n) is 8.01. The maximum atomic E-state index is 13.5. The predicted molar refractivity (Wildman–Crippen MR) is 141 cm³/mol. The van der Waals surface area contributed by atoms with Crippen molar-refractivity contribution in [3.8, 4) is 5.75 Å². The van der Waals surface area contributed by atoms with Gasteiger partial charge in [-0.3, -0.25) is 9.59 Å². The van der Waals surface area contributed by atoms with Gasteiger partial charge in [0.15, 0.2) is 6.61 Å². The van der Waals surface area contributed by atoms with Crippen LogP contribution < -0.4 is 10.1 Å². The molecular formula is C27H27Cl3N2O3. The van der Waals surface area contributed by atoms with Crippen molar-refractivity contribution in [2.24, 2.45) is 0 Å². The highest BCUT2D eigenvalue weighted by atomic mass is 35.5. The molecule has 1 N–H and O–H groups in total. The Labute approximate surface area is 220 Å². The highest BCUT2D eigenvalue weighted by Crippen LogP contribution is 2.24. The lowest BCUT2D eigenvalue weighted by molar-refractivity contribution is -0.142. The SMILES string of the molecule is CCCNC(=O)[C@@H](Cc1ccccc1)N(Cc1ccc(Cl)c(Cl)c1)C(=O)COc1cccc(Cl)c1. The average molecular weight is 534 g/mol. The average Bonchev–Trinajstić information content (AvgIpc) is 2.86. The highest BCUT2D eigenvalue weighted by Gasteiger charge is 2.30. The van der Waals surface area contributed by atoms with Crippen LogP contribution in [-0.4, -0.2) is 35.9 Å². The Morgan fingerprint density at radius 3 is 2.37 bits per heavy atom. The van der Waals surface area contributed by atoms with E-state index >= 15 is 0 Å². The van der Waals surface area contributed by atoms with Crippen molar-refractivity contribution in [1.82, 2.24) is 10.2 Å². The van der Waals surface area contributed by atoms with Crippen molar-refractivity contribution in [2.75, 3.05) is 13.2 Å². The molecule has 0 aliphatic rings. The number of carbonyl (C=O) groups is 2. The minimum absolute atomic E-state index is 0.158. The molecule has 0 heterocycles. The summed E-state index contributed by atoms with van der Waals surface area (Å²) in [5.74, 6) is -0.106. The predicted octanol–water partition coefficient (Wildman–Crippen LogP) is 6.19. The van der Waals surface area contributed by atoms with E-state index in [0.717, 1.165) is 17.5 Å². The Balaban J connectivity index is 1.91. The standard InChI is InChI=1S/C27H27Cl3N2O3/c1-2-13-31-27(34)25(15-19-7-4-3-5-8-19)32(17-20-11-12-23(29)24(30)14-20)26(33)18-35-22-10-6-9-21(28)16-22/h3-12,14,16,25H,2,13,15,17-18H2,1H3,(H,31,34)/t25-/m1/s1. The summed E-state index contributed by atoms with van der Waals surface area (Å²) in [5.41, 5.74) is 1.68. The fraction of sp³-hybridized carbons (Fsp3) is 0.259. The van der Waals surface area contributed by atoms with Gasteiger partial charge in [-0.1, -0.05) is 84.2 Å². The topological polar surface area (TPSA) is 58.6 Å². The zero-order valence-electron chi connectivity index (χ0n) is 19.3. The van der Waals surface area contributed by atoms with Crippen molar-refractivity contribution in [3.05, 3.63) is 99.0 Å². The van der Waals surface area contributed by atoms with Crippen molar-refractivity contribution in [3.63, 3.8) is 0 Å². The molecule has 8 heteroatoms. The summed E-state index contributed by atoms with van der Waals surface area (Å²) in [6.45, 7) is 2.39. The number of rotatable bonds is 11. The molecule has 0 bridgehead atoms. The molecule has 0 saturated carbocycles. The summed E-state index contributed by atoms with van der Waals surface area (Å²) >= 11 is 18.3. The minimum Gasteiger partial charge on any atom is -0.484 e. The minimum atomic E-state index is -0.756. The van der Waals surface area contributed by atoms with Gasteiger partial charge in [-0.15, -0.1) is 0 Å². The van der Waals surface area contributed by atoms with Gasteiger partial charge in [0.1, 0.15) is 11.8 Å². The molecule has 0 aliphatic carbocycles. The molecule has 3 aromatic carbocycles. The zero-order valence-corrected chi connectivity index (χ0v) is 21.6. The summed E-state index contributed by atoms with van der Waals surface area (Å²) in [7, 11) is 0. The lowest BCUT2D eigenvalue weighted by Crippen LogP contribution is -2.51. The zero-order chi connectivity index (χ0) is 25.2. The third-order valence-electron chi connectivity index (χ3n) is 5.32. The molecule has 3 aromatic rings. The Bertz CT molecular complexity index is 1140. The van der Waals surface area contributed by atoms with Gasteiger partial charge < -0.3 is 15.0 Å². The Morgan fingerprint density at radius 1 is 0.914 bits per heavy atom. The van der Waals surface area contributed by atoms with E-state index in [1.807, 2.05) is 37.3 Å². The molecule has 0 aliphatic heterocycles. The van der Waals surface area contributed by atoms with Crippen LogP contribution in [0.25, 0.3) is 0 Å². The van der Waals surface area contributed by atoms with Crippen LogP contribution in [0.5, 0.6) is 5.75 Å². The van der Waals surface area contributed by atoms with Gasteiger partial charge in [-0.2, -0.15) is 0 Å². The van der Waals surface area contributed by atoms with E-state index in [0.29, 0.717) is 33.8 Å². The van der Waals surface area contributed by atoms with Crippen LogP contribution in [0.3, 0.4) is 0 Å². The first-order valence-electron chi connectivity index (χ1n) is 11.3. The van der Waals surface area contributed by atoms with Gasteiger partial charge in [0.2, 0.25) is 5.91 Å². The van der Waals surface area contributed by atoms with Crippen LogP contribution in [0.1, 0.15) is 24.5 Å². The molecule has 0 aromatic heterocycles. The third kappa shape index (κ3) is 8.17. The van der Waals surface area contributed by atoms with Gasteiger partial charge in [0, 0.05) is 24.5 Å². The van der Waals surface area contributed by atoms with E-state index in [2.05, 4.69) is 5.32 Å². The summed E-state index contributed by atoms with van der Waals surface area (Å²) in [6.07, 6.45) is 1.13. The van der Waals surface area contributed by atoms with Crippen LogP contribution in [0.4, 0.5) is 0 Å². The van der Waals surface area contributed by atoms with Gasteiger partial charge in [-0.25, -0.2) is 0 Å². The van der Waals surface area contributed by atoms with E-state index < -0.39 is 6.04 Å². The molecular weight excluding hydrogens is 507 g/mol. The molecule has 184 valence electrons. The van der Waals surface area contributed by atoms with E-state index in [9.17, 15) is 9.59 Å². The molecule has 0 fully saturated rings. The molecule has 0 spiro atoms. The Morgan fingerprint density at radius 2 is 1.69 bits per heavy atom. The van der Waals surface area contributed by atoms with Gasteiger partial charge in [0.05, 0.1) is 10.0 Å². The van der Waals surface area contributed by atoms with Gasteiger partial charge in [0.25, 0.3) is 5.91 Å². The summed E-state index contributed by atoms with van der Waals surface area (Å²) in [4.78, 5) is 28.3. The number of carbonyl (C=O) groups excluding carboxylic acids is 2. The lowest BCUT2D eigenvalue weighted by Gasteiger charge is -2.31. The first-order valence-corrected chi connectivity index (χ1v) is 12.4. The Hall–Kier alpha value is -2.73. The van der Waals surface area contributed by atoms with Crippen molar-refractivity contribution >= 4 is 46.6 Å². The fourth-order valence-electron chi connectivity index (χ4n) is 3.54.